The van der Waals surface area contributed by atoms with Crippen molar-refractivity contribution in [2.45, 2.75) is 13.0 Å². The third-order valence-corrected chi connectivity index (χ3v) is 3.00. The van der Waals surface area contributed by atoms with Crippen molar-refractivity contribution in [3.63, 3.8) is 0 Å². The second-order valence-electron chi connectivity index (χ2n) is 4.33. The number of pyridine rings is 1. The van der Waals surface area contributed by atoms with Crippen LogP contribution in [0.1, 0.15) is 6.42 Å². The van der Waals surface area contributed by atoms with Gasteiger partial charge in [-0.15, -0.1) is 5.10 Å². The number of nitrogens with zero attached hydrogens (tertiary/aromatic N) is 4. The van der Waals surface area contributed by atoms with Crippen molar-refractivity contribution in [1.29, 1.82) is 0 Å². The molecule has 0 aliphatic rings. The maximum atomic E-state index is 4.40. The topological polar surface area (TPSA) is 55.6 Å². The molecule has 3 aromatic rings. The average Bonchev–Trinajstić information content (AvgIpc) is 2.97. The van der Waals surface area contributed by atoms with Gasteiger partial charge in [-0.05, 0) is 17.9 Å². The summed E-state index contributed by atoms with van der Waals surface area (Å²) >= 11 is 0. The predicted octanol–water partition coefficient (Wildman–Crippen LogP) is 2.33. The minimum absolute atomic E-state index is 0.859. The lowest BCUT2D eigenvalue weighted by Gasteiger charge is -2.08. The molecule has 2 aromatic heterocycles. The van der Waals surface area contributed by atoms with Crippen LogP contribution < -0.4 is 5.32 Å². The molecule has 2 heterocycles. The van der Waals surface area contributed by atoms with E-state index in [-0.39, 0.29) is 0 Å². The van der Waals surface area contributed by atoms with Crippen molar-refractivity contribution in [2.24, 2.45) is 0 Å². The third-order valence-electron chi connectivity index (χ3n) is 3.00. The predicted molar refractivity (Wildman–Crippen MR) is 74.9 cm³/mol. The molecule has 96 valence electrons. The molecule has 19 heavy (non-hydrogen) atoms. The van der Waals surface area contributed by atoms with Crippen LogP contribution in [0, 0.1) is 0 Å². The highest BCUT2D eigenvalue weighted by atomic mass is 15.4. The zero-order valence-electron chi connectivity index (χ0n) is 10.5. The van der Waals surface area contributed by atoms with Crippen molar-refractivity contribution < 1.29 is 0 Å². The second kappa shape index (κ2) is 5.48. The molecule has 5 heteroatoms. The summed E-state index contributed by atoms with van der Waals surface area (Å²) < 4.78 is 1.83. The highest BCUT2D eigenvalue weighted by Crippen LogP contribution is 2.20. The molecule has 3 rings (SSSR count). The summed E-state index contributed by atoms with van der Waals surface area (Å²) in [5.74, 6) is 0.941. The molecule has 0 atom stereocenters. The summed E-state index contributed by atoms with van der Waals surface area (Å²) in [4.78, 5) is 4.40. The van der Waals surface area contributed by atoms with Gasteiger partial charge in [-0.3, -0.25) is 4.68 Å². The lowest BCUT2D eigenvalue weighted by atomic mass is 10.1. The minimum atomic E-state index is 0.859. The van der Waals surface area contributed by atoms with Crippen LogP contribution in [0.5, 0.6) is 0 Å². The van der Waals surface area contributed by atoms with Crippen molar-refractivity contribution in [1.82, 2.24) is 20.0 Å². The molecule has 1 aromatic carbocycles. The SMILES string of the molecule is c1ccc2c(NCCCn3ccnn3)nccc2c1. The maximum absolute atomic E-state index is 4.40. The van der Waals surface area contributed by atoms with E-state index in [9.17, 15) is 0 Å². The minimum Gasteiger partial charge on any atom is -0.369 e. The van der Waals surface area contributed by atoms with Gasteiger partial charge in [0.1, 0.15) is 5.82 Å². The first-order valence-electron chi connectivity index (χ1n) is 6.35. The number of rotatable bonds is 5. The quantitative estimate of drug-likeness (QED) is 0.709. The number of fused-ring (bicyclic) bond motifs is 1. The van der Waals surface area contributed by atoms with Gasteiger partial charge in [0.15, 0.2) is 0 Å². The first-order chi connectivity index (χ1) is 9.43. The standard InChI is InChI=1S/C14H15N5/c1-2-5-13-12(4-1)6-8-16-14(13)15-7-3-10-19-11-9-17-18-19/h1-2,4-6,8-9,11H,3,7,10H2,(H,15,16). The monoisotopic (exact) mass is 253 g/mol. The summed E-state index contributed by atoms with van der Waals surface area (Å²) in [6.07, 6.45) is 6.38. The first kappa shape index (κ1) is 11.6. The van der Waals surface area contributed by atoms with E-state index in [4.69, 9.17) is 0 Å². The van der Waals surface area contributed by atoms with Gasteiger partial charge in [0, 0.05) is 30.9 Å². The van der Waals surface area contributed by atoms with E-state index < -0.39 is 0 Å². The molecule has 0 saturated carbocycles. The van der Waals surface area contributed by atoms with E-state index in [1.54, 1.807) is 6.20 Å². The fourth-order valence-corrected chi connectivity index (χ4v) is 2.06. The van der Waals surface area contributed by atoms with Crippen molar-refractivity contribution in [3.05, 3.63) is 48.9 Å². The van der Waals surface area contributed by atoms with Crippen molar-refractivity contribution in [3.8, 4) is 0 Å². The highest BCUT2D eigenvalue weighted by Gasteiger charge is 2.00. The summed E-state index contributed by atoms with van der Waals surface area (Å²) in [7, 11) is 0. The van der Waals surface area contributed by atoms with Gasteiger partial charge in [0.05, 0.1) is 6.20 Å². The molecule has 0 saturated heterocycles. The fourth-order valence-electron chi connectivity index (χ4n) is 2.06. The van der Waals surface area contributed by atoms with Crippen LogP contribution in [0.4, 0.5) is 5.82 Å². The molecular formula is C14H15N5. The Labute approximate surface area is 111 Å². The van der Waals surface area contributed by atoms with Crippen LogP contribution >= 0.6 is 0 Å². The second-order valence-corrected chi connectivity index (χ2v) is 4.33. The Kier molecular flexibility index (Phi) is 3.36. The maximum Gasteiger partial charge on any atom is 0.133 e. The molecule has 0 aliphatic heterocycles. The Morgan fingerprint density at radius 1 is 1.11 bits per heavy atom. The average molecular weight is 253 g/mol. The number of benzene rings is 1. The molecular weight excluding hydrogens is 238 g/mol. The lowest BCUT2D eigenvalue weighted by Crippen LogP contribution is -2.08. The fraction of sp³-hybridized carbons (Fsp3) is 0.214. The Bertz CT molecular complexity index is 643. The van der Waals surface area contributed by atoms with Gasteiger partial charge in [0.25, 0.3) is 0 Å². The van der Waals surface area contributed by atoms with Crippen LogP contribution in [-0.4, -0.2) is 26.5 Å². The summed E-state index contributed by atoms with van der Waals surface area (Å²) in [5, 5.41) is 13.5. The van der Waals surface area contributed by atoms with Gasteiger partial charge in [-0.1, -0.05) is 29.5 Å². The summed E-state index contributed by atoms with van der Waals surface area (Å²) in [5.41, 5.74) is 0. The number of nitrogens with one attached hydrogen (secondary N) is 1. The van der Waals surface area contributed by atoms with Gasteiger partial charge in [-0.25, -0.2) is 4.98 Å². The van der Waals surface area contributed by atoms with Gasteiger partial charge in [-0.2, -0.15) is 0 Å². The molecule has 0 fully saturated rings. The van der Waals surface area contributed by atoms with Gasteiger partial charge in [0.2, 0.25) is 0 Å². The van der Waals surface area contributed by atoms with Crippen LogP contribution in [0.15, 0.2) is 48.9 Å². The van der Waals surface area contributed by atoms with Crippen molar-refractivity contribution >= 4 is 16.6 Å². The Morgan fingerprint density at radius 2 is 2.05 bits per heavy atom. The van der Waals surface area contributed by atoms with Crippen LogP contribution in [0.25, 0.3) is 10.8 Å². The van der Waals surface area contributed by atoms with Gasteiger partial charge >= 0.3 is 0 Å². The number of aromatic nitrogens is 4. The van der Waals surface area contributed by atoms with Crippen molar-refractivity contribution in [2.75, 3.05) is 11.9 Å². The van der Waals surface area contributed by atoms with E-state index in [1.807, 2.05) is 35.3 Å². The zero-order chi connectivity index (χ0) is 12.9. The highest BCUT2D eigenvalue weighted by molar-refractivity contribution is 5.91. The molecule has 0 aliphatic carbocycles. The number of aryl methyl sites for hydroxylation is 1. The van der Waals surface area contributed by atoms with E-state index in [0.29, 0.717) is 0 Å². The number of hydrogen-bond acceptors (Lipinski definition) is 4. The van der Waals surface area contributed by atoms with Crippen LogP contribution in [0.2, 0.25) is 0 Å². The largest absolute Gasteiger partial charge is 0.369 e. The molecule has 0 unspecified atom stereocenters. The smallest absolute Gasteiger partial charge is 0.133 e. The Hall–Kier alpha value is -2.43. The molecule has 5 nitrogen and oxygen atoms in total. The van der Waals surface area contributed by atoms with Crippen LogP contribution in [0.3, 0.4) is 0 Å². The molecule has 0 radical (unpaired) electrons. The molecule has 1 N–H and O–H groups in total. The number of anilines is 1. The molecule has 0 spiro atoms. The Balaban J connectivity index is 1.62. The third kappa shape index (κ3) is 2.70. The number of hydrogen-bond donors (Lipinski definition) is 1. The van der Waals surface area contributed by atoms with Gasteiger partial charge < -0.3 is 5.32 Å². The normalized spacial score (nSPS) is 10.7. The molecule has 0 bridgehead atoms. The van der Waals surface area contributed by atoms with E-state index in [0.717, 1.165) is 30.7 Å². The lowest BCUT2D eigenvalue weighted by molar-refractivity contribution is 0.569. The van der Waals surface area contributed by atoms with E-state index in [2.05, 4.69) is 32.7 Å². The molecule has 0 amide bonds. The zero-order valence-corrected chi connectivity index (χ0v) is 10.5. The van der Waals surface area contributed by atoms with E-state index >= 15 is 0 Å². The summed E-state index contributed by atoms with van der Waals surface area (Å²) in [6, 6.07) is 10.3. The Morgan fingerprint density at radius 3 is 2.95 bits per heavy atom. The summed E-state index contributed by atoms with van der Waals surface area (Å²) in [6.45, 7) is 1.72. The van der Waals surface area contributed by atoms with E-state index in [1.165, 1.54) is 5.39 Å². The van der Waals surface area contributed by atoms with Crippen LogP contribution in [-0.2, 0) is 6.54 Å². The first-order valence-corrected chi connectivity index (χ1v) is 6.35.